The fourth-order valence-electron chi connectivity index (χ4n) is 3.75. The molecule has 2 heterocycles. The number of aromatic nitrogens is 2. The van der Waals surface area contributed by atoms with Crippen LogP contribution in [0.4, 0.5) is 0 Å². The lowest BCUT2D eigenvalue weighted by Crippen LogP contribution is -2.56. The number of hydrogen-bond acceptors (Lipinski definition) is 5. The number of carbonyl (C=O) groups excluding carboxylic acids is 2. The third kappa shape index (κ3) is 5.95. The average Bonchev–Trinajstić information content (AvgIpc) is 3.31. The molecular weight excluding hydrogens is 406 g/mol. The largest absolute Gasteiger partial charge is 0.457 e. The lowest BCUT2D eigenvalue weighted by molar-refractivity contribution is -0.134. The first-order valence-electron chi connectivity index (χ1n) is 10.7. The van der Waals surface area contributed by atoms with Gasteiger partial charge in [0, 0.05) is 44.5 Å². The van der Waals surface area contributed by atoms with Crippen molar-refractivity contribution in [3.05, 3.63) is 78.4 Å². The smallest absolute Gasteiger partial charge is 0.237 e. The van der Waals surface area contributed by atoms with Crippen LogP contribution in [0.1, 0.15) is 17.7 Å². The Morgan fingerprint density at radius 2 is 2.00 bits per heavy atom. The van der Waals surface area contributed by atoms with Crippen LogP contribution in [-0.2, 0) is 22.6 Å². The van der Waals surface area contributed by atoms with Gasteiger partial charge in [-0.05, 0) is 29.8 Å². The summed E-state index contributed by atoms with van der Waals surface area (Å²) in [6, 6.07) is 16.9. The maximum absolute atomic E-state index is 12.5. The summed E-state index contributed by atoms with van der Waals surface area (Å²) in [6.07, 6.45) is 4.13. The Labute approximate surface area is 187 Å². The molecule has 2 amide bonds. The van der Waals surface area contributed by atoms with Crippen molar-refractivity contribution in [2.45, 2.75) is 25.4 Å². The summed E-state index contributed by atoms with van der Waals surface area (Å²) in [5.41, 5.74) is 1.98. The van der Waals surface area contributed by atoms with Crippen molar-refractivity contribution in [3.8, 4) is 11.5 Å². The fraction of sp³-hybridized carbons (Fsp3) is 0.292. The van der Waals surface area contributed by atoms with Crippen LogP contribution < -0.4 is 15.4 Å². The number of H-pyrrole nitrogens is 1. The molecule has 3 N–H and O–H groups in total. The Morgan fingerprint density at radius 3 is 2.81 bits per heavy atom. The first-order chi connectivity index (χ1) is 15.7. The molecule has 1 atom stereocenters. The fourth-order valence-corrected chi connectivity index (χ4v) is 3.75. The predicted octanol–water partition coefficient (Wildman–Crippen LogP) is 2.25. The molecule has 1 unspecified atom stereocenters. The summed E-state index contributed by atoms with van der Waals surface area (Å²) < 4.78 is 5.93. The molecule has 4 rings (SSSR count). The zero-order valence-corrected chi connectivity index (χ0v) is 17.8. The quantitative estimate of drug-likeness (QED) is 0.481. The number of aromatic amines is 1. The van der Waals surface area contributed by atoms with Gasteiger partial charge in [-0.1, -0.05) is 30.3 Å². The zero-order chi connectivity index (χ0) is 22.2. The van der Waals surface area contributed by atoms with Gasteiger partial charge in [0.05, 0.1) is 18.8 Å². The SMILES string of the molecule is O=C(CC1C(=O)NCCN1Cc1cccc(Oc2ccccc2)c1)NCCc1cnc[nH]1. The van der Waals surface area contributed by atoms with Crippen LogP contribution in [0.25, 0.3) is 0 Å². The molecule has 0 aliphatic carbocycles. The number of carbonyl (C=O) groups is 2. The molecule has 0 spiro atoms. The number of benzene rings is 2. The number of nitrogens with zero attached hydrogens (tertiary/aromatic N) is 2. The number of amides is 2. The number of piperazine rings is 1. The summed E-state index contributed by atoms with van der Waals surface area (Å²) in [5, 5.41) is 5.77. The molecule has 3 aromatic rings. The van der Waals surface area contributed by atoms with Gasteiger partial charge >= 0.3 is 0 Å². The molecule has 32 heavy (non-hydrogen) atoms. The van der Waals surface area contributed by atoms with Crippen LogP contribution in [0.5, 0.6) is 11.5 Å². The number of nitrogens with one attached hydrogen (secondary N) is 3. The lowest BCUT2D eigenvalue weighted by Gasteiger charge is -2.34. The van der Waals surface area contributed by atoms with Gasteiger partial charge in [0.2, 0.25) is 11.8 Å². The molecule has 166 valence electrons. The van der Waals surface area contributed by atoms with Gasteiger partial charge < -0.3 is 20.4 Å². The van der Waals surface area contributed by atoms with Crippen molar-refractivity contribution in [3.63, 3.8) is 0 Å². The average molecular weight is 434 g/mol. The zero-order valence-electron chi connectivity index (χ0n) is 17.8. The van der Waals surface area contributed by atoms with E-state index >= 15 is 0 Å². The van der Waals surface area contributed by atoms with Crippen LogP contribution >= 0.6 is 0 Å². The van der Waals surface area contributed by atoms with Crippen molar-refractivity contribution < 1.29 is 14.3 Å². The molecule has 8 nitrogen and oxygen atoms in total. The third-order valence-corrected chi connectivity index (χ3v) is 5.35. The van der Waals surface area contributed by atoms with Crippen LogP contribution in [0.2, 0.25) is 0 Å². The van der Waals surface area contributed by atoms with Gasteiger partial charge in [0.25, 0.3) is 0 Å². The highest BCUT2D eigenvalue weighted by atomic mass is 16.5. The highest BCUT2D eigenvalue weighted by molar-refractivity contribution is 5.88. The van der Waals surface area contributed by atoms with Crippen LogP contribution in [-0.4, -0.2) is 52.4 Å². The van der Waals surface area contributed by atoms with Crippen LogP contribution in [0.15, 0.2) is 67.1 Å². The van der Waals surface area contributed by atoms with E-state index in [1.165, 1.54) is 0 Å². The molecular formula is C24H27N5O3. The van der Waals surface area contributed by atoms with Crippen molar-refractivity contribution in [2.75, 3.05) is 19.6 Å². The number of rotatable bonds is 9. The molecule has 1 saturated heterocycles. The van der Waals surface area contributed by atoms with E-state index in [2.05, 4.69) is 25.5 Å². The second-order valence-corrected chi connectivity index (χ2v) is 7.72. The van der Waals surface area contributed by atoms with E-state index < -0.39 is 6.04 Å². The van der Waals surface area contributed by atoms with Crippen molar-refractivity contribution in [2.24, 2.45) is 0 Å². The second-order valence-electron chi connectivity index (χ2n) is 7.72. The minimum atomic E-state index is -0.505. The normalized spacial score (nSPS) is 16.4. The monoisotopic (exact) mass is 433 g/mol. The van der Waals surface area contributed by atoms with Gasteiger partial charge in [0.15, 0.2) is 0 Å². The first-order valence-corrected chi connectivity index (χ1v) is 10.7. The third-order valence-electron chi connectivity index (χ3n) is 5.35. The molecule has 1 aliphatic rings. The highest BCUT2D eigenvalue weighted by Crippen LogP contribution is 2.23. The minimum Gasteiger partial charge on any atom is -0.457 e. The summed E-state index contributed by atoms with van der Waals surface area (Å²) in [4.78, 5) is 34.0. The summed E-state index contributed by atoms with van der Waals surface area (Å²) in [7, 11) is 0. The number of ether oxygens (including phenoxy) is 1. The summed E-state index contributed by atoms with van der Waals surface area (Å²) in [6.45, 7) is 2.30. The maximum Gasteiger partial charge on any atom is 0.237 e. The lowest BCUT2D eigenvalue weighted by atomic mass is 10.1. The number of para-hydroxylation sites is 1. The van der Waals surface area contributed by atoms with Gasteiger partial charge in [-0.25, -0.2) is 4.98 Å². The standard InChI is InChI=1S/C24H27N5O3/c30-23(26-10-9-19-15-25-17-28-19)14-22-24(31)27-11-12-29(22)16-18-5-4-8-21(13-18)32-20-6-2-1-3-7-20/h1-8,13,15,17,22H,9-12,14,16H2,(H,25,28)(H,26,30)(H,27,31). The minimum absolute atomic E-state index is 0.114. The molecule has 0 bridgehead atoms. The molecule has 8 heteroatoms. The number of hydrogen-bond donors (Lipinski definition) is 3. The summed E-state index contributed by atoms with van der Waals surface area (Å²) >= 11 is 0. The van der Waals surface area contributed by atoms with E-state index in [-0.39, 0.29) is 18.2 Å². The van der Waals surface area contributed by atoms with Gasteiger partial charge in [0.1, 0.15) is 11.5 Å². The molecule has 0 saturated carbocycles. The Hall–Kier alpha value is -3.65. The Bertz CT molecular complexity index is 1020. The number of imidazole rings is 1. The first kappa shape index (κ1) is 21.6. The van der Waals surface area contributed by atoms with Crippen molar-refractivity contribution >= 4 is 11.8 Å². The van der Waals surface area contributed by atoms with E-state index in [4.69, 9.17) is 4.74 Å². The maximum atomic E-state index is 12.5. The van der Waals surface area contributed by atoms with Crippen molar-refractivity contribution in [1.82, 2.24) is 25.5 Å². The van der Waals surface area contributed by atoms with Crippen LogP contribution in [0.3, 0.4) is 0 Å². The second kappa shape index (κ2) is 10.6. The molecule has 2 aromatic carbocycles. The van der Waals surface area contributed by atoms with E-state index in [1.807, 2.05) is 54.6 Å². The Morgan fingerprint density at radius 1 is 1.16 bits per heavy atom. The van der Waals surface area contributed by atoms with E-state index in [0.29, 0.717) is 32.6 Å². The van der Waals surface area contributed by atoms with E-state index in [0.717, 1.165) is 22.8 Å². The Balaban J connectivity index is 1.35. The molecule has 1 aromatic heterocycles. The predicted molar refractivity (Wildman–Crippen MR) is 120 cm³/mol. The van der Waals surface area contributed by atoms with Gasteiger partial charge in [-0.2, -0.15) is 0 Å². The van der Waals surface area contributed by atoms with E-state index in [1.54, 1.807) is 12.5 Å². The van der Waals surface area contributed by atoms with Gasteiger partial charge in [-0.3, -0.25) is 14.5 Å². The molecule has 1 aliphatic heterocycles. The summed E-state index contributed by atoms with van der Waals surface area (Å²) in [5.74, 6) is 1.25. The topological polar surface area (TPSA) is 99.3 Å². The Kier molecular flexibility index (Phi) is 7.14. The van der Waals surface area contributed by atoms with Crippen molar-refractivity contribution in [1.29, 1.82) is 0 Å². The highest BCUT2D eigenvalue weighted by Gasteiger charge is 2.31. The molecule has 0 radical (unpaired) electrons. The van der Waals surface area contributed by atoms with Gasteiger partial charge in [-0.15, -0.1) is 0 Å². The van der Waals surface area contributed by atoms with E-state index in [9.17, 15) is 9.59 Å². The molecule has 1 fully saturated rings. The van der Waals surface area contributed by atoms with Crippen LogP contribution in [0, 0.1) is 0 Å².